The lowest BCUT2D eigenvalue weighted by molar-refractivity contribution is 0.0950. The van der Waals surface area contributed by atoms with Crippen LogP contribution >= 0.6 is 11.8 Å². The van der Waals surface area contributed by atoms with Gasteiger partial charge < -0.3 is 15.4 Å². The van der Waals surface area contributed by atoms with Crippen LogP contribution in [0.2, 0.25) is 0 Å². The quantitative estimate of drug-likeness (QED) is 0.567. The number of rotatable bonds is 5. The third kappa shape index (κ3) is 4.89. The van der Waals surface area contributed by atoms with Gasteiger partial charge in [0.2, 0.25) is 0 Å². The van der Waals surface area contributed by atoms with Gasteiger partial charge >= 0.3 is 6.03 Å². The molecule has 0 aromatic heterocycles. The highest BCUT2D eigenvalue weighted by atomic mass is 32.2. The van der Waals surface area contributed by atoms with Gasteiger partial charge in [0.1, 0.15) is 5.75 Å². The minimum atomic E-state index is -0.190. The number of methoxy groups -OCH3 is 1. The monoisotopic (exact) mass is 447 g/mol. The summed E-state index contributed by atoms with van der Waals surface area (Å²) in [6.45, 7) is 3.11. The van der Waals surface area contributed by atoms with E-state index in [1.165, 1.54) is 0 Å². The second-order valence-electron chi connectivity index (χ2n) is 7.51. The molecule has 3 aromatic rings. The first kappa shape index (κ1) is 21.8. The summed E-state index contributed by atoms with van der Waals surface area (Å²) >= 11 is 1.78. The van der Waals surface area contributed by atoms with Crippen molar-refractivity contribution in [1.29, 1.82) is 0 Å². The number of thioether (sulfide) groups is 1. The van der Waals surface area contributed by atoms with Gasteiger partial charge in [-0.3, -0.25) is 9.69 Å². The minimum Gasteiger partial charge on any atom is -0.496 e. The van der Waals surface area contributed by atoms with E-state index in [0.717, 1.165) is 21.9 Å². The first-order valence-electron chi connectivity index (χ1n) is 10.4. The second-order valence-corrected chi connectivity index (χ2v) is 8.99. The fourth-order valence-electron chi connectivity index (χ4n) is 3.60. The van der Waals surface area contributed by atoms with Gasteiger partial charge in [0.15, 0.2) is 0 Å². The number of nitrogens with one attached hydrogen (secondary N) is 2. The van der Waals surface area contributed by atoms with E-state index >= 15 is 0 Å². The van der Waals surface area contributed by atoms with Crippen molar-refractivity contribution in [2.24, 2.45) is 0 Å². The maximum atomic E-state index is 12.9. The van der Waals surface area contributed by atoms with E-state index in [2.05, 4.69) is 17.6 Å². The van der Waals surface area contributed by atoms with E-state index < -0.39 is 0 Å². The molecule has 164 valence electrons. The smallest absolute Gasteiger partial charge is 0.326 e. The van der Waals surface area contributed by atoms with Crippen LogP contribution in [0.5, 0.6) is 5.75 Å². The van der Waals surface area contributed by atoms with Crippen LogP contribution in [0.25, 0.3) is 0 Å². The molecule has 3 aromatic carbocycles. The van der Waals surface area contributed by atoms with Crippen molar-refractivity contribution in [3.05, 3.63) is 83.9 Å². The standard InChI is InChI=1S/C25H25N3O3S/c1-17-16-28(21-8-4-6-10-23(21)32-17)25(30)27-20-13-11-18(12-14-20)24(29)26-15-19-7-3-5-9-22(19)31-2/h3-14,17H,15-16H2,1-2H3,(H,26,29)(H,27,30)/t17-/m0/s1. The molecule has 1 aliphatic rings. The number of nitrogens with zero attached hydrogens (tertiary/aromatic N) is 1. The highest BCUT2D eigenvalue weighted by Crippen LogP contribution is 2.38. The molecule has 0 fully saturated rings. The predicted octanol–water partition coefficient (Wildman–Crippen LogP) is 5.16. The van der Waals surface area contributed by atoms with Crippen molar-refractivity contribution < 1.29 is 14.3 Å². The maximum absolute atomic E-state index is 12.9. The third-order valence-electron chi connectivity index (χ3n) is 5.20. The van der Waals surface area contributed by atoms with Crippen molar-refractivity contribution in [2.45, 2.75) is 23.6 Å². The van der Waals surface area contributed by atoms with E-state index in [9.17, 15) is 9.59 Å². The molecule has 1 atom stereocenters. The zero-order valence-electron chi connectivity index (χ0n) is 18.0. The number of urea groups is 1. The number of para-hydroxylation sites is 2. The Morgan fingerprint density at radius 2 is 1.75 bits per heavy atom. The normalized spacial score (nSPS) is 14.9. The number of hydrogen-bond acceptors (Lipinski definition) is 4. The van der Waals surface area contributed by atoms with Crippen molar-refractivity contribution in [1.82, 2.24) is 5.32 Å². The van der Waals surface area contributed by atoms with E-state index in [-0.39, 0.29) is 11.9 Å². The first-order chi connectivity index (χ1) is 15.5. The Morgan fingerprint density at radius 1 is 1.03 bits per heavy atom. The summed E-state index contributed by atoms with van der Waals surface area (Å²) in [6.07, 6.45) is 0. The first-order valence-corrected chi connectivity index (χ1v) is 11.3. The summed E-state index contributed by atoms with van der Waals surface area (Å²) in [7, 11) is 1.61. The largest absolute Gasteiger partial charge is 0.496 e. The number of anilines is 2. The van der Waals surface area contributed by atoms with Gasteiger partial charge in [0, 0.05) is 40.0 Å². The zero-order chi connectivity index (χ0) is 22.5. The summed E-state index contributed by atoms with van der Waals surface area (Å²) in [5.74, 6) is 0.544. The molecule has 4 rings (SSSR count). The molecular weight excluding hydrogens is 422 g/mol. The van der Waals surface area contributed by atoms with Gasteiger partial charge in [0.05, 0.1) is 12.8 Å². The molecule has 0 unspecified atom stereocenters. The van der Waals surface area contributed by atoms with Crippen LogP contribution in [-0.4, -0.2) is 30.8 Å². The Balaban J connectivity index is 1.39. The number of carbonyl (C=O) groups excluding carboxylic acids is 2. The molecular formula is C25H25N3O3S. The number of carbonyl (C=O) groups is 2. The highest BCUT2D eigenvalue weighted by molar-refractivity contribution is 8.00. The van der Waals surface area contributed by atoms with E-state index in [1.54, 1.807) is 48.0 Å². The summed E-state index contributed by atoms with van der Waals surface area (Å²) in [6, 6.07) is 22.2. The van der Waals surface area contributed by atoms with Crippen LogP contribution in [0.1, 0.15) is 22.8 Å². The molecule has 6 nitrogen and oxygen atoms in total. The highest BCUT2D eigenvalue weighted by Gasteiger charge is 2.26. The van der Waals surface area contributed by atoms with Gasteiger partial charge in [-0.2, -0.15) is 0 Å². The molecule has 32 heavy (non-hydrogen) atoms. The number of fused-ring (bicyclic) bond motifs is 1. The van der Waals surface area contributed by atoms with Crippen molar-refractivity contribution in [3.63, 3.8) is 0 Å². The number of ether oxygens (including phenoxy) is 1. The van der Waals surface area contributed by atoms with Crippen LogP contribution in [0, 0.1) is 0 Å². The molecule has 0 spiro atoms. The van der Waals surface area contributed by atoms with Crippen LogP contribution in [0.15, 0.2) is 77.7 Å². The minimum absolute atomic E-state index is 0.182. The molecule has 0 radical (unpaired) electrons. The number of hydrogen-bond donors (Lipinski definition) is 2. The molecule has 3 amide bonds. The van der Waals surface area contributed by atoms with Crippen LogP contribution in [0.3, 0.4) is 0 Å². The summed E-state index contributed by atoms with van der Waals surface area (Å²) in [5, 5.41) is 6.15. The van der Waals surface area contributed by atoms with E-state index in [4.69, 9.17) is 4.74 Å². The third-order valence-corrected chi connectivity index (χ3v) is 6.35. The Morgan fingerprint density at radius 3 is 2.53 bits per heavy atom. The topological polar surface area (TPSA) is 70.7 Å². The molecule has 0 bridgehead atoms. The lowest BCUT2D eigenvalue weighted by atomic mass is 10.1. The number of benzene rings is 3. The van der Waals surface area contributed by atoms with Crippen molar-refractivity contribution >= 4 is 35.1 Å². The summed E-state index contributed by atoms with van der Waals surface area (Å²) in [5.41, 5.74) is 2.98. The molecule has 7 heteroatoms. The Kier molecular flexibility index (Phi) is 6.66. The maximum Gasteiger partial charge on any atom is 0.326 e. The fraction of sp³-hybridized carbons (Fsp3) is 0.200. The van der Waals surface area contributed by atoms with Crippen LogP contribution in [0.4, 0.5) is 16.2 Å². The van der Waals surface area contributed by atoms with Crippen molar-refractivity contribution in [2.75, 3.05) is 23.9 Å². The van der Waals surface area contributed by atoms with Crippen LogP contribution < -0.4 is 20.3 Å². The van der Waals surface area contributed by atoms with Gasteiger partial charge in [-0.25, -0.2) is 4.79 Å². The summed E-state index contributed by atoms with van der Waals surface area (Å²) < 4.78 is 5.32. The molecule has 1 aliphatic heterocycles. The van der Waals surface area contributed by atoms with E-state index in [0.29, 0.717) is 29.6 Å². The molecule has 0 saturated carbocycles. The number of amides is 3. The average Bonchev–Trinajstić information content (AvgIpc) is 2.82. The van der Waals surface area contributed by atoms with Gasteiger partial charge in [-0.1, -0.05) is 37.3 Å². The Labute approximate surface area is 192 Å². The predicted molar refractivity (Wildman–Crippen MR) is 129 cm³/mol. The lowest BCUT2D eigenvalue weighted by Crippen LogP contribution is -2.41. The molecule has 0 aliphatic carbocycles. The summed E-state index contributed by atoms with van der Waals surface area (Å²) in [4.78, 5) is 28.3. The Bertz CT molecular complexity index is 1120. The van der Waals surface area contributed by atoms with Gasteiger partial charge in [0.25, 0.3) is 5.91 Å². The second kappa shape index (κ2) is 9.78. The fourth-order valence-corrected chi connectivity index (χ4v) is 4.72. The van der Waals surface area contributed by atoms with Crippen molar-refractivity contribution in [3.8, 4) is 5.75 Å². The molecule has 2 N–H and O–H groups in total. The lowest BCUT2D eigenvalue weighted by Gasteiger charge is -2.32. The van der Waals surface area contributed by atoms with E-state index in [1.807, 2.05) is 48.5 Å². The average molecular weight is 448 g/mol. The van der Waals surface area contributed by atoms with Crippen LogP contribution in [-0.2, 0) is 6.54 Å². The molecule has 0 saturated heterocycles. The zero-order valence-corrected chi connectivity index (χ0v) is 18.8. The van der Waals surface area contributed by atoms with Gasteiger partial charge in [-0.15, -0.1) is 11.8 Å². The molecule has 1 heterocycles. The SMILES string of the molecule is COc1ccccc1CNC(=O)c1ccc(NC(=O)N2C[C@H](C)Sc3ccccc32)cc1. The van der Waals surface area contributed by atoms with Gasteiger partial charge in [-0.05, 0) is 42.5 Å². The Hall–Kier alpha value is -3.45.